The highest BCUT2D eigenvalue weighted by Gasteiger charge is 2.31. The van der Waals surface area contributed by atoms with Gasteiger partial charge < -0.3 is 18.8 Å². The van der Waals surface area contributed by atoms with Crippen molar-refractivity contribution in [2.75, 3.05) is 32.7 Å². The second-order valence-corrected chi connectivity index (χ2v) is 9.24. The maximum absolute atomic E-state index is 13.3. The quantitative estimate of drug-likeness (QED) is 0.283. The Kier molecular flexibility index (Phi) is 9.21. The zero-order valence-electron chi connectivity index (χ0n) is 19.6. The molecule has 3 heterocycles. The van der Waals surface area contributed by atoms with E-state index in [1.807, 2.05) is 13.8 Å². The van der Waals surface area contributed by atoms with Gasteiger partial charge in [-0.05, 0) is 13.3 Å². The molecule has 3 rings (SSSR count). The molecule has 14 heteroatoms. The van der Waals surface area contributed by atoms with Gasteiger partial charge in [0.1, 0.15) is 23.2 Å². The van der Waals surface area contributed by atoms with E-state index in [9.17, 15) is 4.55 Å². The van der Waals surface area contributed by atoms with E-state index in [0.29, 0.717) is 41.8 Å². The van der Waals surface area contributed by atoms with Crippen molar-refractivity contribution in [3.8, 4) is 17.4 Å². The molecule has 34 heavy (non-hydrogen) atoms. The van der Waals surface area contributed by atoms with Gasteiger partial charge in [-0.25, -0.2) is 9.97 Å². The fourth-order valence-electron chi connectivity index (χ4n) is 3.13. The maximum Gasteiger partial charge on any atom is 0.271 e. The molecular formula is C20H27ClN8O4S. The molecule has 0 aliphatic heterocycles. The lowest BCUT2D eigenvalue weighted by Gasteiger charge is -2.23. The van der Waals surface area contributed by atoms with E-state index in [1.165, 1.54) is 32.9 Å². The molecule has 3 aromatic heterocycles. The molecule has 12 nitrogen and oxygen atoms in total. The van der Waals surface area contributed by atoms with Crippen molar-refractivity contribution < 1.29 is 18.8 Å². The van der Waals surface area contributed by atoms with Crippen LogP contribution >= 0.6 is 11.6 Å². The van der Waals surface area contributed by atoms with Crippen molar-refractivity contribution in [1.82, 2.24) is 34.7 Å². The Bertz CT molecular complexity index is 1050. The first kappa shape index (κ1) is 25.9. The summed E-state index contributed by atoms with van der Waals surface area (Å²) in [5, 5.41) is 8.59. The van der Waals surface area contributed by atoms with Crippen molar-refractivity contribution in [1.29, 1.82) is 0 Å². The second kappa shape index (κ2) is 12.1. The van der Waals surface area contributed by atoms with Crippen molar-refractivity contribution in [3.63, 3.8) is 0 Å². The Morgan fingerprint density at radius 3 is 2.29 bits per heavy atom. The van der Waals surface area contributed by atoms with E-state index in [-0.39, 0.29) is 28.9 Å². The number of nitrogens with one attached hydrogen (secondary N) is 1. The van der Waals surface area contributed by atoms with E-state index in [0.717, 1.165) is 0 Å². The van der Waals surface area contributed by atoms with Gasteiger partial charge in [0, 0.05) is 32.5 Å². The molecule has 0 aliphatic carbocycles. The molecule has 0 radical (unpaired) electrons. The average Bonchev–Trinajstić information content (AvgIpc) is 3.24. The van der Waals surface area contributed by atoms with Gasteiger partial charge in [-0.15, -0.1) is 10.2 Å². The zero-order valence-corrected chi connectivity index (χ0v) is 21.1. The van der Waals surface area contributed by atoms with E-state index in [2.05, 4.69) is 34.9 Å². The van der Waals surface area contributed by atoms with Gasteiger partial charge in [-0.3, -0.25) is 4.57 Å². The molecule has 0 fully saturated rings. The van der Waals surface area contributed by atoms with Crippen LogP contribution in [0.5, 0.6) is 11.8 Å². The van der Waals surface area contributed by atoms with Crippen molar-refractivity contribution >= 4 is 28.9 Å². The Morgan fingerprint density at radius 2 is 1.71 bits per heavy atom. The number of aryl methyl sites for hydroxylation is 1. The van der Waals surface area contributed by atoms with E-state index in [4.69, 9.17) is 25.8 Å². The predicted octanol–water partition coefficient (Wildman–Crippen LogP) is 2.36. The zero-order chi connectivity index (χ0) is 24.7. The first-order chi connectivity index (χ1) is 16.4. The third kappa shape index (κ3) is 5.84. The lowest BCUT2D eigenvalue weighted by Crippen LogP contribution is -2.31. The Labute approximate surface area is 205 Å². The summed E-state index contributed by atoms with van der Waals surface area (Å²) in [4.78, 5) is 16.9. The minimum Gasteiger partial charge on any atom is -0.593 e. The molecule has 0 aliphatic rings. The number of ether oxygens (including phenoxy) is 3. The molecule has 0 amide bonds. The van der Waals surface area contributed by atoms with E-state index in [1.54, 1.807) is 11.7 Å². The Morgan fingerprint density at radius 1 is 1.06 bits per heavy atom. The van der Waals surface area contributed by atoms with Crippen LogP contribution in [0.25, 0.3) is 5.69 Å². The minimum atomic E-state index is -1.58. The van der Waals surface area contributed by atoms with Crippen molar-refractivity contribution in [2.24, 2.45) is 0 Å². The van der Waals surface area contributed by atoms with Gasteiger partial charge in [0.15, 0.2) is 5.69 Å². The summed E-state index contributed by atoms with van der Waals surface area (Å²) in [6.07, 6.45) is 5.58. The first-order valence-electron chi connectivity index (χ1n) is 10.4. The molecule has 3 atom stereocenters. The van der Waals surface area contributed by atoms with Gasteiger partial charge in [0.05, 0.1) is 36.5 Å². The largest absolute Gasteiger partial charge is 0.593 e. The topological polar surface area (TPSA) is 145 Å². The molecule has 2 unspecified atom stereocenters. The van der Waals surface area contributed by atoms with Crippen LogP contribution in [0.15, 0.2) is 18.7 Å². The molecule has 3 aromatic rings. The van der Waals surface area contributed by atoms with E-state index >= 15 is 0 Å². The Balaban J connectivity index is 1.95. The molecular weight excluding hydrogens is 484 g/mol. The lowest BCUT2D eigenvalue weighted by atomic mass is 10.1. The molecule has 0 saturated heterocycles. The number of halogens is 1. The molecule has 0 aromatic carbocycles. The molecule has 0 bridgehead atoms. The number of nitrogens with zero attached hydrogens (tertiary/aromatic N) is 7. The smallest absolute Gasteiger partial charge is 0.271 e. The highest BCUT2D eigenvalue weighted by atomic mass is 35.5. The van der Waals surface area contributed by atoms with Crippen LogP contribution in [0.3, 0.4) is 0 Å². The second-order valence-electron chi connectivity index (χ2n) is 7.27. The summed E-state index contributed by atoms with van der Waals surface area (Å²) in [7, 11) is 4.60. The predicted molar refractivity (Wildman–Crippen MR) is 127 cm³/mol. The molecule has 1 N–H and O–H groups in total. The normalized spacial score (nSPS) is 13.9. The van der Waals surface area contributed by atoms with Crippen molar-refractivity contribution in [2.45, 2.75) is 37.9 Å². The maximum atomic E-state index is 13.3. The highest BCUT2D eigenvalue weighted by molar-refractivity contribution is 7.93. The summed E-state index contributed by atoms with van der Waals surface area (Å²) in [6, 6.07) is 0. The summed E-state index contributed by atoms with van der Waals surface area (Å²) < 4.78 is 33.9. The van der Waals surface area contributed by atoms with Gasteiger partial charge in [-0.2, -0.15) is 14.7 Å². The number of hydrogen-bond acceptors (Lipinski definition) is 11. The molecule has 184 valence electrons. The van der Waals surface area contributed by atoms with Crippen LogP contribution < -0.4 is 14.2 Å². The number of anilines is 1. The van der Waals surface area contributed by atoms with Crippen molar-refractivity contribution in [3.05, 3.63) is 35.4 Å². The number of hydrogen-bond donors (Lipinski definition) is 1. The van der Waals surface area contributed by atoms with Gasteiger partial charge in [-0.1, -0.05) is 18.5 Å². The van der Waals surface area contributed by atoms with Gasteiger partial charge >= 0.3 is 0 Å². The van der Waals surface area contributed by atoms with Gasteiger partial charge in [0.25, 0.3) is 5.95 Å². The van der Waals surface area contributed by atoms with E-state index < -0.39 is 11.4 Å². The summed E-state index contributed by atoms with van der Waals surface area (Å²) in [5.74, 6) is 1.62. The fraction of sp³-hybridized carbons (Fsp3) is 0.500. The van der Waals surface area contributed by atoms with Crippen LogP contribution in [0.2, 0.25) is 5.02 Å². The fourth-order valence-corrected chi connectivity index (χ4v) is 4.22. The third-order valence-corrected chi connectivity index (χ3v) is 6.79. The lowest BCUT2D eigenvalue weighted by molar-refractivity contribution is 0.194. The SMILES string of the molecule is COCCCc1nnc(N[S+]([O-])[C@@H](C)C(C)c2ncc(Cl)cn2)n1-c1c(OC)ncnc1OC. The van der Waals surface area contributed by atoms with Crippen LogP contribution in [0.1, 0.15) is 37.8 Å². The van der Waals surface area contributed by atoms with Gasteiger partial charge in [0.2, 0.25) is 11.8 Å². The average molecular weight is 511 g/mol. The number of methoxy groups -OCH3 is 3. The number of rotatable bonds is 12. The summed E-state index contributed by atoms with van der Waals surface area (Å²) >= 11 is 4.30. The molecule has 0 spiro atoms. The standard InChI is InChI=1S/C20H27ClN8O4S/c1-12(17-22-9-14(21)10-23-17)13(2)34(30)28-20-27-26-15(7-6-8-31-3)29(20)16-18(32-4)24-11-25-19(16)33-5/h9-13H,6-8H2,1-5H3,(H,27,28)/t12?,13-,34?/m0/s1. The number of aromatic nitrogens is 7. The van der Waals surface area contributed by atoms with Crippen LogP contribution in [-0.2, 0) is 22.5 Å². The summed E-state index contributed by atoms with van der Waals surface area (Å²) in [5.41, 5.74) is 0.395. The summed E-state index contributed by atoms with van der Waals surface area (Å²) in [6.45, 7) is 4.26. The monoisotopic (exact) mass is 510 g/mol. The van der Waals surface area contributed by atoms with Crippen LogP contribution in [0.4, 0.5) is 5.95 Å². The minimum absolute atomic E-state index is 0.229. The van der Waals surface area contributed by atoms with Crippen LogP contribution in [0, 0.1) is 0 Å². The highest BCUT2D eigenvalue weighted by Crippen LogP contribution is 2.33. The third-order valence-electron chi connectivity index (χ3n) is 5.13. The Hall–Kier alpha value is -2.74. The molecule has 0 saturated carbocycles. The first-order valence-corrected chi connectivity index (χ1v) is 12.0. The van der Waals surface area contributed by atoms with Crippen LogP contribution in [-0.4, -0.2) is 72.4 Å².